The van der Waals surface area contributed by atoms with Crippen molar-refractivity contribution in [3.05, 3.63) is 39.8 Å². The van der Waals surface area contributed by atoms with E-state index in [-0.39, 0.29) is 5.91 Å². The molecule has 0 spiro atoms. The first kappa shape index (κ1) is 14.6. The van der Waals surface area contributed by atoms with Gasteiger partial charge < -0.3 is 5.32 Å². The SMILES string of the molecule is CC(C)Cc1ncc(CNC(=O)c2cccc3n[nH]nc23)s1. The monoisotopic (exact) mass is 315 g/mol. The number of aromatic amines is 1. The lowest BCUT2D eigenvalue weighted by Gasteiger charge is -2.03. The van der Waals surface area contributed by atoms with E-state index >= 15 is 0 Å². The lowest BCUT2D eigenvalue weighted by atomic mass is 10.1. The normalized spacial score (nSPS) is 11.2. The summed E-state index contributed by atoms with van der Waals surface area (Å²) < 4.78 is 0. The molecule has 22 heavy (non-hydrogen) atoms. The van der Waals surface area contributed by atoms with Gasteiger partial charge in [0.1, 0.15) is 11.0 Å². The van der Waals surface area contributed by atoms with Crippen molar-refractivity contribution in [3.63, 3.8) is 0 Å². The fourth-order valence-electron chi connectivity index (χ4n) is 2.19. The number of hydrogen-bond donors (Lipinski definition) is 2. The highest BCUT2D eigenvalue weighted by molar-refractivity contribution is 7.11. The average Bonchev–Trinajstić information content (AvgIpc) is 3.12. The number of fused-ring (bicyclic) bond motifs is 1. The molecule has 0 saturated heterocycles. The largest absolute Gasteiger partial charge is 0.347 e. The van der Waals surface area contributed by atoms with Crippen LogP contribution in [0.3, 0.4) is 0 Å². The van der Waals surface area contributed by atoms with Crippen LogP contribution in [-0.2, 0) is 13.0 Å². The van der Waals surface area contributed by atoms with Gasteiger partial charge in [-0.25, -0.2) is 4.98 Å². The number of benzene rings is 1. The van der Waals surface area contributed by atoms with E-state index < -0.39 is 0 Å². The summed E-state index contributed by atoms with van der Waals surface area (Å²) >= 11 is 1.64. The van der Waals surface area contributed by atoms with Crippen molar-refractivity contribution in [2.45, 2.75) is 26.8 Å². The highest BCUT2D eigenvalue weighted by atomic mass is 32.1. The van der Waals surface area contributed by atoms with Crippen LogP contribution in [0.1, 0.15) is 34.1 Å². The molecule has 114 valence electrons. The van der Waals surface area contributed by atoms with Crippen LogP contribution >= 0.6 is 11.3 Å². The van der Waals surface area contributed by atoms with Crippen molar-refractivity contribution >= 4 is 28.3 Å². The van der Waals surface area contributed by atoms with E-state index in [0.717, 1.165) is 16.3 Å². The maximum atomic E-state index is 12.3. The van der Waals surface area contributed by atoms with Gasteiger partial charge in [-0.2, -0.15) is 15.4 Å². The summed E-state index contributed by atoms with van der Waals surface area (Å²) in [5.41, 5.74) is 1.80. The second-order valence-electron chi connectivity index (χ2n) is 5.50. The molecule has 2 heterocycles. The van der Waals surface area contributed by atoms with Gasteiger partial charge in [-0.1, -0.05) is 19.9 Å². The molecule has 0 saturated carbocycles. The van der Waals surface area contributed by atoms with E-state index in [2.05, 4.69) is 39.6 Å². The number of carbonyl (C=O) groups excluding carboxylic acids is 1. The Balaban J connectivity index is 1.67. The van der Waals surface area contributed by atoms with E-state index in [9.17, 15) is 4.79 Å². The zero-order valence-corrected chi connectivity index (χ0v) is 13.3. The summed E-state index contributed by atoms with van der Waals surface area (Å²) in [7, 11) is 0. The minimum atomic E-state index is -0.154. The summed E-state index contributed by atoms with van der Waals surface area (Å²) in [5, 5.41) is 14.6. The Morgan fingerprint density at radius 1 is 1.36 bits per heavy atom. The van der Waals surface area contributed by atoms with E-state index in [4.69, 9.17) is 0 Å². The third kappa shape index (κ3) is 3.14. The predicted octanol–water partition coefficient (Wildman–Crippen LogP) is 2.54. The molecule has 2 aromatic heterocycles. The van der Waals surface area contributed by atoms with Gasteiger partial charge in [0, 0.05) is 17.5 Å². The standard InChI is InChI=1S/C15H17N5OS/c1-9(2)6-13-16-7-10(22-13)8-17-15(21)11-4-3-5-12-14(11)19-20-18-12/h3-5,7,9H,6,8H2,1-2H3,(H,17,21)(H,18,19,20). The van der Waals surface area contributed by atoms with Gasteiger partial charge in [0.2, 0.25) is 0 Å². The molecule has 0 bridgehead atoms. The number of H-pyrrole nitrogens is 1. The first-order valence-electron chi connectivity index (χ1n) is 7.14. The van der Waals surface area contributed by atoms with Gasteiger partial charge in [-0.05, 0) is 18.1 Å². The first-order chi connectivity index (χ1) is 10.6. The Bertz CT molecular complexity index is 792. The quantitative estimate of drug-likeness (QED) is 0.758. The van der Waals surface area contributed by atoms with Crippen molar-refractivity contribution in [3.8, 4) is 0 Å². The molecule has 3 rings (SSSR count). The van der Waals surface area contributed by atoms with Gasteiger partial charge in [0.15, 0.2) is 0 Å². The van der Waals surface area contributed by atoms with Crippen molar-refractivity contribution in [1.29, 1.82) is 0 Å². The fourth-order valence-corrected chi connectivity index (χ4v) is 3.26. The van der Waals surface area contributed by atoms with Gasteiger partial charge >= 0.3 is 0 Å². The third-order valence-corrected chi connectivity index (χ3v) is 4.22. The second-order valence-corrected chi connectivity index (χ2v) is 6.70. The van der Waals surface area contributed by atoms with Crippen LogP contribution in [-0.4, -0.2) is 26.3 Å². The number of rotatable bonds is 5. The van der Waals surface area contributed by atoms with Crippen molar-refractivity contribution in [1.82, 2.24) is 25.7 Å². The van der Waals surface area contributed by atoms with Crippen LogP contribution in [0, 0.1) is 5.92 Å². The zero-order valence-electron chi connectivity index (χ0n) is 12.5. The third-order valence-electron chi connectivity index (χ3n) is 3.20. The molecule has 3 aromatic rings. The molecule has 0 radical (unpaired) electrons. The first-order valence-corrected chi connectivity index (χ1v) is 7.96. The summed E-state index contributed by atoms with van der Waals surface area (Å²) in [4.78, 5) is 17.7. The van der Waals surface area contributed by atoms with Crippen molar-refractivity contribution in [2.75, 3.05) is 0 Å². The molecule has 0 atom stereocenters. The van der Waals surface area contributed by atoms with Gasteiger partial charge in [-0.3, -0.25) is 4.79 Å². The maximum absolute atomic E-state index is 12.3. The Labute approximate surface area is 132 Å². The average molecular weight is 315 g/mol. The van der Waals surface area contributed by atoms with E-state index in [1.807, 2.05) is 12.3 Å². The smallest absolute Gasteiger partial charge is 0.253 e. The van der Waals surface area contributed by atoms with Crippen molar-refractivity contribution in [2.24, 2.45) is 5.92 Å². The lowest BCUT2D eigenvalue weighted by Crippen LogP contribution is -2.22. The van der Waals surface area contributed by atoms with Gasteiger partial charge in [-0.15, -0.1) is 11.3 Å². The highest BCUT2D eigenvalue weighted by Gasteiger charge is 2.13. The minimum Gasteiger partial charge on any atom is -0.347 e. The lowest BCUT2D eigenvalue weighted by molar-refractivity contribution is 0.0953. The molecule has 1 aromatic carbocycles. The van der Waals surface area contributed by atoms with E-state index in [0.29, 0.717) is 29.1 Å². The van der Waals surface area contributed by atoms with Crippen LogP contribution in [0.5, 0.6) is 0 Å². The number of hydrogen-bond acceptors (Lipinski definition) is 5. The van der Waals surface area contributed by atoms with Crippen LogP contribution < -0.4 is 5.32 Å². The number of nitrogens with one attached hydrogen (secondary N) is 2. The Kier molecular flexibility index (Phi) is 4.15. The predicted molar refractivity (Wildman–Crippen MR) is 85.7 cm³/mol. The van der Waals surface area contributed by atoms with Gasteiger partial charge in [0.25, 0.3) is 5.91 Å². The molecule has 0 aliphatic carbocycles. The maximum Gasteiger partial charge on any atom is 0.253 e. The summed E-state index contributed by atoms with van der Waals surface area (Å²) in [6.45, 7) is 4.81. The summed E-state index contributed by atoms with van der Waals surface area (Å²) in [5.74, 6) is 0.427. The Hall–Kier alpha value is -2.28. The molecular weight excluding hydrogens is 298 g/mol. The number of para-hydroxylation sites is 1. The molecule has 0 unspecified atom stereocenters. The number of amides is 1. The molecule has 0 fully saturated rings. The molecule has 0 aliphatic rings. The molecule has 7 heteroatoms. The van der Waals surface area contributed by atoms with Gasteiger partial charge in [0.05, 0.1) is 17.1 Å². The summed E-state index contributed by atoms with van der Waals surface area (Å²) in [6.07, 6.45) is 2.80. The van der Waals surface area contributed by atoms with Crippen molar-refractivity contribution < 1.29 is 4.79 Å². The molecule has 2 N–H and O–H groups in total. The topological polar surface area (TPSA) is 83.6 Å². The van der Waals surface area contributed by atoms with E-state index in [1.165, 1.54) is 0 Å². The van der Waals surface area contributed by atoms with Crippen LogP contribution in [0.25, 0.3) is 11.0 Å². The Morgan fingerprint density at radius 2 is 2.23 bits per heavy atom. The minimum absolute atomic E-state index is 0.154. The Morgan fingerprint density at radius 3 is 3.05 bits per heavy atom. The fraction of sp³-hybridized carbons (Fsp3) is 0.333. The number of nitrogens with zero attached hydrogens (tertiary/aromatic N) is 3. The molecule has 1 amide bonds. The van der Waals surface area contributed by atoms with Crippen LogP contribution in [0.2, 0.25) is 0 Å². The number of thiazole rings is 1. The number of carbonyl (C=O) groups is 1. The van der Waals surface area contributed by atoms with Crippen LogP contribution in [0.4, 0.5) is 0 Å². The van der Waals surface area contributed by atoms with Crippen LogP contribution in [0.15, 0.2) is 24.4 Å². The second kappa shape index (κ2) is 6.23. The van der Waals surface area contributed by atoms with E-state index in [1.54, 1.807) is 23.5 Å². The number of aromatic nitrogens is 4. The highest BCUT2D eigenvalue weighted by Crippen LogP contribution is 2.17. The summed E-state index contributed by atoms with van der Waals surface area (Å²) in [6, 6.07) is 5.36. The molecular formula is C15H17N5OS. The molecule has 0 aliphatic heterocycles. The zero-order chi connectivity index (χ0) is 15.5. The molecule has 6 nitrogen and oxygen atoms in total.